The van der Waals surface area contributed by atoms with Gasteiger partial charge in [0.15, 0.2) is 0 Å². The Morgan fingerprint density at radius 2 is 2.33 bits per heavy atom. The van der Waals surface area contributed by atoms with Gasteiger partial charge < -0.3 is 4.74 Å². The Labute approximate surface area is 72.8 Å². The van der Waals surface area contributed by atoms with E-state index in [4.69, 9.17) is 4.74 Å². The Hall–Kier alpha value is -1.16. The second-order valence-corrected chi connectivity index (χ2v) is 3.12. The maximum atomic E-state index is 13.1. The first kappa shape index (κ1) is 7.49. The summed E-state index contributed by atoms with van der Waals surface area (Å²) in [5.74, 6) is 0.424. The number of ether oxygens (including phenoxy) is 1. The molecule has 2 aromatic rings. The van der Waals surface area contributed by atoms with Crippen LogP contribution in [0.25, 0.3) is 10.1 Å². The number of aromatic nitrogens is 1. The summed E-state index contributed by atoms with van der Waals surface area (Å²) >= 11 is 1.14. The van der Waals surface area contributed by atoms with Crippen molar-refractivity contribution in [2.45, 2.75) is 0 Å². The fourth-order valence-corrected chi connectivity index (χ4v) is 1.75. The summed E-state index contributed by atoms with van der Waals surface area (Å²) in [6, 6.07) is 2.99. The highest BCUT2D eigenvalue weighted by Gasteiger charge is 2.07. The lowest BCUT2D eigenvalue weighted by molar-refractivity contribution is 0.419. The highest BCUT2D eigenvalue weighted by atomic mass is 32.1. The van der Waals surface area contributed by atoms with Crippen molar-refractivity contribution in [3.05, 3.63) is 24.1 Å². The summed E-state index contributed by atoms with van der Waals surface area (Å²) in [6.07, 6.45) is 1.61. The summed E-state index contributed by atoms with van der Waals surface area (Å²) in [7, 11) is 1.56. The second-order valence-electron chi connectivity index (χ2n) is 2.32. The normalized spacial score (nSPS) is 10.5. The summed E-state index contributed by atoms with van der Waals surface area (Å²) in [5.41, 5.74) is 0. The van der Waals surface area contributed by atoms with Gasteiger partial charge in [0.05, 0.1) is 23.4 Å². The molecule has 0 saturated heterocycles. The monoisotopic (exact) mass is 183 g/mol. The topological polar surface area (TPSA) is 22.1 Å². The lowest BCUT2D eigenvalue weighted by atomic mass is 10.2. The minimum Gasteiger partial charge on any atom is -0.496 e. The third-order valence-corrected chi connectivity index (χ3v) is 2.46. The van der Waals surface area contributed by atoms with Crippen molar-refractivity contribution in [1.29, 1.82) is 0 Å². The van der Waals surface area contributed by atoms with Crippen LogP contribution in [0.15, 0.2) is 18.3 Å². The number of hydrogen-bond acceptors (Lipinski definition) is 3. The number of halogens is 1. The molecule has 1 aromatic heterocycles. The summed E-state index contributed by atoms with van der Waals surface area (Å²) in [5, 5.41) is 0.738. The SMILES string of the molecule is COc1ccc(F)c2sncc12. The lowest BCUT2D eigenvalue weighted by Gasteiger charge is -1.99. The molecule has 1 heterocycles. The van der Waals surface area contributed by atoms with Gasteiger partial charge in [0.25, 0.3) is 0 Å². The Balaban J connectivity index is 2.82. The molecule has 0 aliphatic carbocycles. The number of benzene rings is 1. The first-order valence-corrected chi connectivity index (χ1v) is 4.17. The molecule has 62 valence electrons. The molecule has 4 heteroatoms. The van der Waals surface area contributed by atoms with Crippen molar-refractivity contribution in [3.8, 4) is 5.75 Å². The van der Waals surface area contributed by atoms with Gasteiger partial charge >= 0.3 is 0 Å². The molecular weight excluding hydrogens is 177 g/mol. The third-order valence-electron chi connectivity index (χ3n) is 1.65. The molecule has 0 aliphatic rings. The van der Waals surface area contributed by atoms with Crippen LogP contribution >= 0.6 is 11.5 Å². The largest absolute Gasteiger partial charge is 0.496 e. The molecule has 0 amide bonds. The zero-order chi connectivity index (χ0) is 8.55. The highest BCUT2D eigenvalue weighted by molar-refractivity contribution is 7.13. The van der Waals surface area contributed by atoms with Gasteiger partial charge in [-0.15, -0.1) is 0 Å². The number of hydrogen-bond donors (Lipinski definition) is 0. The molecule has 0 atom stereocenters. The zero-order valence-corrected chi connectivity index (χ0v) is 7.19. The number of rotatable bonds is 1. The van der Waals surface area contributed by atoms with Crippen LogP contribution in [0.4, 0.5) is 4.39 Å². The number of nitrogens with zero attached hydrogens (tertiary/aromatic N) is 1. The molecule has 0 radical (unpaired) electrons. The van der Waals surface area contributed by atoms with Gasteiger partial charge in [0, 0.05) is 0 Å². The van der Waals surface area contributed by atoms with Gasteiger partial charge in [-0.25, -0.2) is 4.39 Å². The van der Waals surface area contributed by atoms with E-state index < -0.39 is 0 Å². The Kier molecular flexibility index (Phi) is 1.69. The standard InChI is InChI=1S/C8H6FNOS/c1-11-7-3-2-6(9)8-5(7)4-10-12-8/h2-4H,1H3. The van der Waals surface area contributed by atoms with E-state index >= 15 is 0 Å². The van der Waals surface area contributed by atoms with Gasteiger partial charge in [-0.3, -0.25) is 0 Å². The van der Waals surface area contributed by atoms with E-state index in [1.807, 2.05) is 0 Å². The van der Waals surface area contributed by atoms with Gasteiger partial charge in [-0.1, -0.05) is 0 Å². The Morgan fingerprint density at radius 1 is 1.50 bits per heavy atom. The number of fused-ring (bicyclic) bond motifs is 1. The van der Waals surface area contributed by atoms with E-state index in [0.717, 1.165) is 16.9 Å². The number of methoxy groups -OCH3 is 1. The van der Waals surface area contributed by atoms with Crippen LogP contribution in [0, 0.1) is 5.82 Å². The van der Waals surface area contributed by atoms with E-state index in [0.29, 0.717) is 10.4 Å². The molecule has 0 N–H and O–H groups in total. The molecule has 0 bridgehead atoms. The molecule has 2 rings (SSSR count). The van der Waals surface area contributed by atoms with E-state index in [1.54, 1.807) is 19.4 Å². The van der Waals surface area contributed by atoms with Gasteiger partial charge in [-0.2, -0.15) is 4.37 Å². The van der Waals surface area contributed by atoms with E-state index in [9.17, 15) is 4.39 Å². The Morgan fingerprint density at radius 3 is 3.08 bits per heavy atom. The Bertz CT molecular complexity index is 412. The average Bonchev–Trinajstić information content (AvgIpc) is 2.54. The van der Waals surface area contributed by atoms with Crippen LogP contribution in [-0.2, 0) is 0 Å². The fourth-order valence-electron chi connectivity index (χ4n) is 1.08. The van der Waals surface area contributed by atoms with E-state index in [-0.39, 0.29) is 5.82 Å². The van der Waals surface area contributed by atoms with Crippen molar-refractivity contribution in [3.63, 3.8) is 0 Å². The van der Waals surface area contributed by atoms with Crippen molar-refractivity contribution >= 4 is 21.6 Å². The quantitative estimate of drug-likeness (QED) is 0.677. The molecular formula is C8H6FNOS. The average molecular weight is 183 g/mol. The van der Waals surface area contributed by atoms with Crippen molar-refractivity contribution in [2.75, 3.05) is 7.11 Å². The van der Waals surface area contributed by atoms with Crippen molar-refractivity contribution < 1.29 is 9.13 Å². The molecule has 0 spiro atoms. The molecule has 2 nitrogen and oxygen atoms in total. The van der Waals surface area contributed by atoms with Gasteiger partial charge in [-0.05, 0) is 23.7 Å². The third kappa shape index (κ3) is 0.956. The van der Waals surface area contributed by atoms with Gasteiger partial charge in [0.2, 0.25) is 0 Å². The van der Waals surface area contributed by atoms with Crippen LogP contribution in [0.1, 0.15) is 0 Å². The van der Waals surface area contributed by atoms with Crippen LogP contribution in [-0.4, -0.2) is 11.5 Å². The molecule has 12 heavy (non-hydrogen) atoms. The predicted octanol–water partition coefficient (Wildman–Crippen LogP) is 2.44. The summed E-state index contributed by atoms with van der Waals surface area (Å²) in [4.78, 5) is 0. The highest BCUT2D eigenvalue weighted by Crippen LogP contribution is 2.29. The van der Waals surface area contributed by atoms with Crippen LogP contribution in [0.5, 0.6) is 5.75 Å². The molecule has 0 unspecified atom stereocenters. The van der Waals surface area contributed by atoms with E-state index in [2.05, 4.69) is 4.37 Å². The van der Waals surface area contributed by atoms with E-state index in [1.165, 1.54) is 6.07 Å². The molecule has 1 aromatic carbocycles. The predicted molar refractivity (Wildman–Crippen MR) is 46.1 cm³/mol. The second kappa shape index (κ2) is 2.71. The molecule has 0 aliphatic heterocycles. The summed E-state index contributed by atoms with van der Waals surface area (Å²) < 4.78 is 22.5. The molecule has 0 fully saturated rings. The lowest BCUT2D eigenvalue weighted by Crippen LogP contribution is -1.83. The first-order chi connectivity index (χ1) is 5.83. The van der Waals surface area contributed by atoms with Crippen LogP contribution < -0.4 is 4.74 Å². The van der Waals surface area contributed by atoms with Gasteiger partial charge in [0.1, 0.15) is 11.6 Å². The van der Waals surface area contributed by atoms with Crippen molar-refractivity contribution in [2.24, 2.45) is 0 Å². The minimum atomic E-state index is -0.242. The first-order valence-electron chi connectivity index (χ1n) is 3.40. The fraction of sp³-hybridized carbons (Fsp3) is 0.125. The van der Waals surface area contributed by atoms with Crippen molar-refractivity contribution in [1.82, 2.24) is 4.37 Å². The van der Waals surface area contributed by atoms with Crippen LogP contribution in [0.3, 0.4) is 0 Å². The van der Waals surface area contributed by atoms with Crippen LogP contribution in [0.2, 0.25) is 0 Å². The zero-order valence-electron chi connectivity index (χ0n) is 6.37. The maximum absolute atomic E-state index is 13.1. The smallest absolute Gasteiger partial charge is 0.142 e. The summed E-state index contributed by atoms with van der Waals surface area (Å²) in [6.45, 7) is 0. The maximum Gasteiger partial charge on any atom is 0.142 e. The minimum absolute atomic E-state index is 0.242. The molecule has 0 saturated carbocycles.